The number of aromatic nitrogens is 4. The van der Waals surface area contributed by atoms with E-state index in [0.717, 1.165) is 19.4 Å². The summed E-state index contributed by atoms with van der Waals surface area (Å²) in [5.74, 6) is 0.736. The van der Waals surface area contributed by atoms with E-state index in [1.807, 2.05) is 17.2 Å². The summed E-state index contributed by atoms with van der Waals surface area (Å²) in [6.45, 7) is 2.13. The van der Waals surface area contributed by atoms with Crippen LogP contribution in [0.1, 0.15) is 18.4 Å². The summed E-state index contributed by atoms with van der Waals surface area (Å²) >= 11 is 0. The molecule has 1 aliphatic rings. The van der Waals surface area contributed by atoms with Crippen LogP contribution in [-0.4, -0.2) is 38.0 Å². The number of piperidine rings is 1. The smallest absolute Gasteiger partial charge is 0.329 e. The van der Waals surface area contributed by atoms with Gasteiger partial charge in [0.15, 0.2) is 0 Å². The minimum absolute atomic E-state index is 0.0461. The molecule has 1 aliphatic heterocycles. The topological polar surface area (TPSA) is 114 Å². The Balaban J connectivity index is 1.73. The summed E-state index contributed by atoms with van der Waals surface area (Å²) in [7, 11) is 0. The number of rotatable bonds is 4. The molecule has 1 fully saturated rings. The molecule has 118 valence electrons. The average molecular weight is 313 g/mol. The molecule has 0 saturated carbocycles. The van der Waals surface area contributed by atoms with Gasteiger partial charge in [-0.3, -0.25) is 14.8 Å². The predicted molar refractivity (Wildman–Crippen MR) is 80.6 cm³/mol. The fraction of sp³-hybridized carbons (Fsp3) is 0.429. The van der Waals surface area contributed by atoms with Crippen molar-refractivity contribution >= 4 is 11.5 Å². The monoisotopic (exact) mass is 313 g/mol. The van der Waals surface area contributed by atoms with Crippen LogP contribution in [0, 0.1) is 27.4 Å². The SMILES string of the molecule is N#Cc1ccnc(N2CCC(Cn3ccnn3)CC2)c1[N+](=O)[O-]. The van der Waals surface area contributed by atoms with Crippen molar-refractivity contribution in [3.63, 3.8) is 0 Å². The van der Waals surface area contributed by atoms with E-state index in [0.29, 0.717) is 19.0 Å². The molecule has 3 rings (SSSR count). The first-order valence-electron chi connectivity index (χ1n) is 7.31. The van der Waals surface area contributed by atoms with Crippen molar-refractivity contribution in [1.82, 2.24) is 20.0 Å². The first-order chi connectivity index (χ1) is 11.2. The van der Waals surface area contributed by atoms with Crippen LogP contribution in [0.3, 0.4) is 0 Å². The van der Waals surface area contributed by atoms with E-state index in [1.165, 1.54) is 12.3 Å². The lowest BCUT2D eigenvalue weighted by Gasteiger charge is -2.32. The fourth-order valence-corrected chi connectivity index (χ4v) is 2.87. The summed E-state index contributed by atoms with van der Waals surface area (Å²) < 4.78 is 1.80. The molecule has 23 heavy (non-hydrogen) atoms. The largest absolute Gasteiger partial charge is 0.351 e. The van der Waals surface area contributed by atoms with Crippen molar-refractivity contribution in [1.29, 1.82) is 5.26 Å². The zero-order valence-corrected chi connectivity index (χ0v) is 12.4. The number of nitro groups is 1. The van der Waals surface area contributed by atoms with Crippen LogP contribution in [0.4, 0.5) is 11.5 Å². The molecule has 0 spiro atoms. The molecule has 2 aromatic heterocycles. The van der Waals surface area contributed by atoms with Gasteiger partial charge in [-0.05, 0) is 24.8 Å². The zero-order chi connectivity index (χ0) is 16.2. The van der Waals surface area contributed by atoms with Crippen LogP contribution in [0.5, 0.6) is 0 Å². The molecular weight excluding hydrogens is 298 g/mol. The lowest BCUT2D eigenvalue weighted by molar-refractivity contribution is -0.384. The highest BCUT2D eigenvalue weighted by molar-refractivity contribution is 5.65. The molecular formula is C14H15N7O2. The van der Waals surface area contributed by atoms with Crippen molar-refractivity contribution in [2.75, 3.05) is 18.0 Å². The highest BCUT2D eigenvalue weighted by Crippen LogP contribution is 2.32. The maximum Gasteiger partial charge on any atom is 0.329 e. The number of hydrogen-bond acceptors (Lipinski definition) is 7. The van der Waals surface area contributed by atoms with E-state index in [1.54, 1.807) is 10.9 Å². The van der Waals surface area contributed by atoms with E-state index in [2.05, 4.69) is 15.3 Å². The van der Waals surface area contributed by atoms with Crippen LogP contribution in [0.2, 0.25) is 0 Å². The van der Waals surface area contributed by atoms with Gasteiger partial charge in [0.1, 0.15) is 11.6 Å². The zero-order valence-electron chi connectivity index (χ0n) is 12.4. The van der Waals surface area contributed by atoms with Gasteiger partial charge in [0.25, 0.3) is 0 Å². The Kier molecular flexibility index (Phi) is 4.14. The standard InChI is InChI=1S/C14H15N7O2/c15-9-12-1-4-16-14(13(12)21(22)23)19-6-2-11(3-7-19)10-20-8-5-17-18-20/h1,4-5,8,11H,2-3,6-7,10H2. The molecule has 1 saturated heterocycles. The van der Waals surface area contributed by atoms with Crippen molar-refractivity contribution in [3.05, 3.63) is 40.3 Å². The average Bonchev–Trinajstić information content (AvgIpc) is 3.07. The molecule has 0 radical (unpaired) electrons. The van der Waals surface area contributed by atoms with Gasteiger partial charge in [-0.1, -0.05) is 5.21 Å². The van der Waals surface area contributed by atoms with Crippen molar-refractivity contribution in [2.45, 2.75) is 19.4 Å². The summed E-state index contributed by atoms with van der Waals surface area (Å²) in [6, 6.07) is 3.24. The molecule has 2 aromatic rings. The van der Waals surface area contributed by atoms with Gasteiger partial charge in [0.05, 0.1) is 11.1 Å². The van der Waals surface area contributed by atoms with E-state index in [-0.39, 0.29) is 17.1 Å². The Bertz CT molecular complexity index is 730. The number of hydrogen-bond donors (Lipinski definition) is 0. The molecule has 9 heteroatoms. The van der Waals surface area contributed by atoms with Crippen LogP contribution in [0.25, 0.3) is 0 Å². The summed E-state index contributed by atoms with van der Waals surface area (Å²) in [5, 5.41) is 28.1. The minimum Gasteiger partial charge on any atom is -0.351 e. The molecule has 3 heterocycles. The third-order valence-electron chi connectivity index (χ3n) is 4.04. The van der Waals surface area contributed by atoms with Crippen molar-refractivity contribution < 1.29 is 4.92 Å². The molecule has 0 amide bonds. The third kappa shape index (κ3) is 3.11. The lowest BCUT2D eigenvalue weighted by atomic mass is 9.96. The fourth-order valence-electron chi connectivity index (χ4n) is 2.87. The minimum atomic E-state index is -0.525. The molecule has 0 aromatic carbocycles. The first-order valence-corrected chi connectivity index (χ1v) is 7.31. The van der Waals surface area contributed by atoms with Crippen LogP contribution in [0.15, 0.2) is 24.7 Å². The quantitative estimate of drug-likeness (QED) is 0.618. The number of nitriles is 1. The maximum atomic E-state index is 11.3. The van der Waals surface area contributed by atoms with Crippen LogP contribution >= 0.6 is 0 Å². The Hall–Kier alpha value is -3.02. The van der Waals surface area contributed by atoms with Crippen molar-refractivity contribution in [2.24, 2.45) is 5.92 Å². The highest BCUT2D eigenvalue weighted by Gasteiger charge is 2.28. The maximum absolute atomic E-state index is 11.3. The predicted octanol–water partition coefficient (Wildman–Crippen LogP) is 1.37. The van der Waals surface area contributed by atoms with Gasteiger partial charge >= 0.3 is 5.69 Å². The van der Waals surface area contributed by atoms with Crippen LogP contribution in [-0.2, 0) is 6.54 Å². The highest BCUT2D eigenvalue weighted by atomic mass is 16.6. The second kappa shape index (κ2) is 6.39. The molecule has 0 unspecified atom stereocenters. The van der Waals surface area contributed by atoms with Gasteiger partial charge in [-0.25, -0.2) is 4.98 Å². The number of anilines is 1. The second-order valence-corrected chi connectivity index (χ2v) is 5.46. The Morgan fingerprint density at radius 2 is 2.17 bits per heavy atom. The third-order valence-corrected chi connectivity index (χ3v) is 4.04. The van der Waals surface area contributed by atoms with Gasteiger partial charge < -0.3 is 4.90 Å². The molecule has 0 N–H and O–H groups in total. The normalized spacial score (nSPS) is 15.3. The Morgan fingerprint density at radius 1 is 1.39 bits per heavy atom. The van der Waals surface area contributed by atoms with Gasteiger partial charge in [-0.15, -0.1) is 5.10 Å². The Labute approximate surface area is 132 Å². The Morgan fingerprint density at radius 3 is 2.78 bits per heavy atom. The summed E-state index contributed by atoms with van der Waals surface area (Å²) in [4.78, 5) is 16.8. The number of pyridine rings is 1. The van der Waals surface area contributed by atoms with Gasteiger partial charge in [0, 0.05) is 32.0 Å². The van der Waals surface area contributed by atoms with E-state index in [9.17, 15) is 10.1 Å². The van der Waals surface area contributed by atoms with Crippen molar-refractivity contribution in [3.8, 4) is 6.07 Å². The molecule has 0 aliphatic carbocycles. The number of nitrogens with zero attached hydrogens (tertiary/aromatic N) is 7. The van der Waals surface area contributed by atoms with E-state index >= 15 is 0 Å². The molecule has 9 nitrogen and oxygen atoms in total. The van der Waals surface area contributed by atoms with Gasteiger partial charge in [-0.2, -0.15) is 5.26 Å². The van der Waals surface area contributed by atoms with Crippen LogP contribution < -0.4 is 4.90 Å². The van der Waals surface area contributed by atoms with E-state index < -0.39 is 4.92 Å². The summed E-state index contributed by atoms with van der Waals surface area (Å²) in [5.41, 5.74) is -0.158. The molecule has 0 bridgehead atoms. The summed E-state index contributed by atoms with van der Waals surface area (Å²) in [6.07, 6.45) is 6.69. The second-order valence-electron chi connectivity index (χ2n) is 5.46. The van der Waals surface area contributed by atoms with Gasteiger partial charge in [0.2, 0.25) is 5.82 Å². The first kappa shape index (κ1) is 14.9. The lowest BCUT2D eigenvalue weighted by Crippen LogP contribution is -2.36. The molecule has 0 atom stereocenters. The van der Waals surface area contributed by atoms with E-state index in [4.69, 9.17) is 5.26 Å².